The largest absolute Gasteiger partial charge is 0.352 e. The summed E-state index contributed by atoms with van der Waals surface area (Å²) in [7, 11) is -4.17. The zero-order valence-corrected chi connectivity index (χ0v) is 24.8. The maximum absolute atomic E-state index is 14.0. The van der Waals surface area contributed by atoms with Crippen LogP contribution in [-0.4, -0.2) is 43.8 Å². The molecule has 10 heteroatoms. The Kier molecular flexibility index (Phi) is 9.77. The van der Waals surface area contributed by atoms with Crippen LogP contribution < -0.4 is 9.62 Å². The first-order valence-corrected chi connectivity index (χ1v) is 15.4. The molecule has 0 unspecified atom stereocenters. The third-order valence-electron chi connectivity index (χ3n) is 7.14. The lowest BCUT2D eigenvalue weighted by atomic mass is 10.1. The smallest absolute Gasteiger partial charge is 0.264 e. The summed E-state index contributed by atoms with van der Waals surface area (Å²) in [5.41, 5.74) is 2.07. The van der Waals surface area contributed by atoms with Gasteiger partial charge in [0, 0.05) is 12.6 Å². The summed E-state index contributed by atoms with van der Waals surface area (Å²) < 4.78 is 28.6. The average Bonchev–Trinajstić information content (AvgIpc) is 3.46. The molecule has 0 heterocycles. The first-order chi connectivity index (χ1) is 19.1. The molecule has 0 saturated heterocycles. The zero-order valence-electron chi connectivity index (χ0n) is 22.5. The Labute approximate surface area is 246 Å². The van der Waals surface area contributed by atoms with Crippen molar-refractivity contribution in [3.63, 3.8) is 0 Å². The van der Waals surface area contributed by atoms with Crippen LogP contribution in [0.25, 0.3) is 0 Å². The predicted molar refractivity (Wildman–Crippen MR) is 159 cm³/mol. The number of hydrogen-bond acceptors (Lipinski definition) is 4. The molecule has 1 aliphatic rings. The van der Waals surface area contributed by atoms with Gasteiger partial charge in [0.05, 0.1) is 20.6 Å². The van der Waals surface area contributed by atoms with Crippen molar-refractivity contribution in [1.82, 2.24) is 10.2 Å². The molecule has 3 aromatic rings. The number of nitrogens with one attached hydrogen (secondary N) is 1. The monoisotopic (exact) mass is 601 g/mol. The molecular formula is C30H33Cl2N3O4S. The first-order valence-electron chi connectivity index (χ1n) is 13.2. The van der Waals surface area contributed by atoms with E-state index in [1.54, 1.807) is 25.1 Å². The van der Waals surface area contributed by atoms with E-state index < -0.39 is 28.5 Å². The molecule has 4 rings (SSSR count). The fourth-order valence-corrected chi connectivity index (χ4v) is 6.47. The van der Waals surface area contributed by atoms with Gasteiger partial charge in [0.1, 0.15) is 12.6 Å². The standard InChI is InChI=1S/C30H33Cl2N3O4S/c1-21-12-14-23(15-13-21)19-34(22(2)30(37)33-24-8-6-7-9-24)29(36)20-35(25-16-17-27(31)28(32)18-25)40(38,39)26-10-4-3-5-11-26/h3-5,10-18,22,24H,6-9,19-20H2,1-2H3,(H,33,37)/t22-/m0/s1. The average molecular weight is 603 g/mol. The van der Waals surface area contributed by atoms with Gasteiger partial charge in [-0.1, -0.05) is 84.1 Å². The Hall–Kier alpha value is -3.07. The quantitative estimate of drug-likeness (QED) is 0.310. The molecule has 0 aromatic heterocycles. The van der Waals surface area contributed by atoms with Crippen LogP contribution in [-0.2, 0) is 26.2 Å². The second-order valence-corrected chi connectivity index (χ2v) is 12.8. The van der Waals surface area contributed by atoms with Gasteiger partial charge in [-0.2, -0.15) is 0 Å². The third-order valence-corrected chi connectivity index (χ3v) is 9.67. The lowest BCUT2D eigenvalue weighted by molar-refractivity contribution is -0.139. The van der Waals surface area contributed by atoms with Gasteiger partial charge in [-0.3, -0.25) is 13.9 Å². The van der Waals surface area contributed by atoms with Crippen LogP contribution in [0.3, 0.4) is 0 Å². The van der Waals surface area contributed by atoms with Crippen LogP contribution in [0.2, 0.25) is 10.0 Å². The number of nitrogens with zero attached hydrogens (tertiary/aromatic N) is 2. The summed E-state index contributed by atoms with van der Waals surface area (Å²) in [5.74, 6) is -0.792. The van der Waals surface area contributed by atoms with Crippen molar-refractivity contribution in [2.45, 2.75) is 63.1 Å². The molecular weight excluding hydrogens is 569 g/mol. The van der Waals surface area contributed by atoms with Crippen molar-refractivity contribution in [2.75, 3.05) is 10.8 Å². The van der Waals surface area contributed by atoms with Crippen LogP contribution in [0.4, 0.5) is 5.69 Å². The minimum Gasteiger partial charge on any atom is -0.352 e. The molecule has 0 aliphatic heterocycles. The summed E-state index contributed by atoms with van der Waals surface area (Å²) in [6, 6.07) is 19.2. The Morgan fingerprint density at radius 1 is 0.950 bits per heavy atom. The third kappa shape index (κ3) is 7.16. The molecule has 1 aliphatic carbocycles. The van der Waals surface area contributed by atoms with Crippen LogP contribution in [0, 0.1) is 6.92 Å². The number of carbonyl (C=O) groups excluding carboxylic acids is 2. The molecule has 1 N–H and O–H groups in total. The molecule has 0 spiro atoms. The number of carbonyl (C=O) groups is 2. The Morgan fingerprint density at radius 3 is 2.23 bits per heavy atom. The lowest BCUT2D eigenvalue weighted by Crippen LogP contribution is -2.52. The van der Waals surface area contributed by atoms with Gasteiger partial charge in [0.15, 0.2) is 0 Å². The topological polar surface area (TPSA) is 86.8 Å². The van der Waals surface area contributed by atoms with Gasteiger partial charge in [0.2, 0.25) is 11.8 Å². The summed E-state index contributed by atoms with van der Waals surface area (Å²) in [6.45, 7) is 3.24. The molecule has 1 fully saturated rings. The Balaban J connectivity index is 1.69. The van der Waals surface area contributed by atoms with Crippen molar-refractivity contribution < 1.29 is 18.0 Å². The van der Waals surface area contributed by atoms with E-state index in [2.05, 4.69) is 5.32 Å². The maximum atomic E-state index is 14.0. The zero-order chi connectivity index (χ0) is 28.9. The van der Waals surface area contributed by atoms with Crippen molar-refractivity contribution in [1.29, 1.82) is 0 Å². The number of hydrogen-bond donors (Lipinski definition) is 1. The molecule has 3 aromatic carbocycles. The number of sulfonamides is 1. The number of anilines is 1. The second kappa shape index (κ2) is 13.1. The highest BCUT2D eigenvalue weighted by atomic mass is 35.5. The molecule has 212 valence electrons. The van der Waals surface area contributed by atoms with E-state index in [1.165, 1.54) is 35.2 Å². The number of benzene rings is 3. The number of amides is 2. The van der Waals surface area contributed by atoms with Gasteiger partial charge in [-0.25, -0.2) is 8.42 Å². The Bertz CT molecular complexity index is 1440. The summed E-state index contributed by atoms with van der Waals surface area (Å²) in [5, 5.41) is 3.48. The highest BCUT2D eigenvalue weighted by Gasteiger charge is 2.33. The van der Waals surface area contributed by atoms with Gasteiger partial charge < -0.3 is 10.2 Å². The fourth-order valence-electron chi connectivity index (χ4n) is 4.75. The summed E-state index contributed by atoms with van der Waals surface area (Å²) in [4.78, 5) is 28.7. The van der Waals surface area contributed by atoms with Crippen LogP contribution >= 0.6 is 23.2 Å². The first kappa shape index (κ1) is 29.9. The molecule has 0 bridgehead atoms. The SMILES string of the molecule is Cc1ccc(CN(C(=O)CN(c2ccc(Cl)c(Cl)c2)S(=O)(=O)c2ccccc2)[C@@H](C)C(=O)NC2CCCC2)cc1. The summed E-state index contributed by atoms with van der Waals surface area (Å²) in [6.07, 6.45) is 3.93. The number of rotatable bonds is 10. The predicted octanol–water partition coefficient (Wildman–Crippen LogP) is 5.97. The van der Waals surface area contributed by atoms with Crippen LogP contribution in [0.1, 0.15) is 43.7 Å². The molecule has 1 atom stereocenters. The maximum Gasteiger partial charge on any atom is 0.264 e. The van der Waals surface area contributed by atoms with E-state index in [0.29, 0.717) is 0 Å². The molecule has 0 radical (unpaired) electrons. The van der Waals surface area contributed by atoms with E-state index in [4.69, 9.17) is 23.2 Å². The van der Waals surface area contributed by atoms with Crippen molar-refractivity contribution >= 4 is 50.7 Å². The van der Waals surface area contributed by atoms with Crippen LogP contribution in [0.15, 0.2) is 77.7 Å². The van der Waals surface area contributed by atoms with E-state index in [-0.39, 0.29) is 39.1 Å². The number of aryl methyl sites for hydroxylation is 1. The fraction of sp³-hybridized carbons (Fsp3) is 0.333. The van der Waals surface area contributed by atoms with Gasteiger partial charge in [0.25, 0.3) is 10.0 Å². The lowest BCUT2D eigenvalue weighted by Gasteiger charge is -2.32. The second-order valence-electron chi connectivity index (χ2n) is 10.1. The van der Waals surface area contributed by atoms with Crippen LogP contribution in [0.5, 0.6) is 0 Å². The molecule has 2 amide bonds. The molecule has 7 nitrogen and oxygen atoms in total. The molecule has 40 heavy (non-hydrogen) atoms. The minimum atomic E-state index is -4.17. The summed E-state index contributed by atoms with van der Waals surface area (Å²) >= 11 is 12.3. The minimum absolute atomic E-state index is 0.0194. The van der Waals surface area contributed by atoms with E-state index in [1.807, 2.05) is 31.2 Å². The van der Waals surface area contributed by atoms with Crippen molar-refractivity contribution in [3.05, 3.63) is 94.0 Å². The van der Waals surface area contributed by atoms with Crippen molar-refractivity contribution in [2.24, 2.45) is 0 Å². The normalized spacial score (nSPS) is 14.5. The van der Waals surface area contributed by atoms with E-state index in [0.717, 1.165) is 41.1 Å². The molecule has 1 saturated carbocycles. The van der Waals surface area contributed by atoms with Crippen molar-refractivity contribution in [3.8, 4) is 0 Å². The van der Waals surface area contributed by atoms with E-state index in [9.17, 15) is 18.0 Å². The Morgan fingerprint density at radius 2 is 1.60 bits per heavy atom. The van der Waals surface area contributed by atoms with Gasteiger partial charge in [-0.15, -0.1) is 0 Å². The highest BCUT2D eigenvalue weighted by molar-refractivity contribution is 7.92. The van der Waals surface area contributed by atoms with Gasteiger partial charge in [-0.05, 0) is 62.6 Å². The highest BCUT2D eigenvalue weighted by Crippen LogP contribution is 2.31. The van der Waals surface area contributed by atoms with E-state index >= 15 is 0 Å². The van der Waals surface area contributed by atoms with Gasteiger partial charge >= 0.3 is 0 Å². The number of halogens is 2.